The quantitative estimate of drug-likeness (QED) is 0.718. The number of pyridine rings is 1. The Labute approximate surface area is 93.5 Å². The van der Waals surface area contributed by atoms with Gasteiger partial charge in [-0.3, -0.25) is 10.1 Å². The number of nitrogens with one attached hydrogen (secondary N) is 2. The van der Waals surface area contributed by atoms with Crippen molar-refractivity contribution in [1.82, 2.24) is 20.5 Å². The van der Waals surface area contributed by atoms with Gasteiger partial charge < -0.3 is 10.4 Å². The number of rotatable bonds is 4. The van der Waals surface area contributed by atoms with Crippen LogP contribution in [-0.4, -0.2) is 20.3 Å². The molecule has 16 heavy (non-hydrogen) atoms. The molecule has 0 bridgehead atoms. The molecule has 5 heteroatoms. The molecule has 2 heterocycles. The fourth-order valence-corrected chi connectivity index (χ4v) is 1.43. The summed E-state index contributed by atoms with van der Waals surface area (Å²) < 4.78 is 0. The van der Waals surface area contributed by atoms with Gasteiger partial charge in [-0.1, -0.05) is 0 Å². The molecular weight excluding hydrogens is 204 g/mol. The minimum atomic E-state index is 0.227. The molecule has 0 amide bonds. The molecule has 0 fully saturated rings. The van der Waals surface area contributed by atoms with Crippen LogP contribution in [0.25, 0.3) is 0 Å². The number of aryl methyl sites for hydroxylation is 1. The minimum absolute atomic E-state index is 0.227. The highest BCUT2D eigenvalue weighted by Gasteiger charge is 2.02. The summed E-state index contributed by atoms with van der Waals surface area (Å²) in [4.78, 5) is 4.26. The topological polar surface area (TPSA) is 73.8 Å². The first-order valence-electron chi connectivity index (χ1n) is 5.09. The predicted molar refractivity (Wildman–Crippen MR) is 59.8 cm³/mol. The predicted octanol–water partition coefficient (Wildman–Crippen LogP) is 1.11. The molecule has 0 saturated heterocycles. The Kier molecular flexibility index (Phi) is 3.16. The van der Waals surface area contributed by atoms with Crippen LogP contribution < -0.4 is 5.32 Å². The molecule has 0 aromatic carbocycles. The van der Waals surface area contributed by atoms with Gasteiger partial charge in [0.15, 0.2) is 0 Å². The molecule has 0 radical (unpaired) electrons. The molecular formula is C11H14N4O. The number of hydrogen-bond acceptors (Lipinski definition) is 4. The van der Waals surface area contributed by atoms with Crippen LogP contribution in [0.15, 0.2) is 24.5 Å². The van der Waals surface area contributed by atoms with Crippen LogP contribution in [0.3, 0.4) is 0 Å². The number of H-pyrrole nitrogens is 1. The zero-order valence-electron chi connectivity index (χ0n) is 9.07. The summed E-state index contributed by atoms with van der Waals surface area (Å²) in [5, 5.41) is 19.4. The highest BCUT2D eigenvalue weighted by molar-refractivity contribution is 5.27. The van der Waals surface area contributed by atoms with Gasteiger partial charge in [0.2, 0.25) is 0 Å². The van der Waals surface area contributed by atoms with Gasteiger partial charge in [0.1, 0.15) is 5.75 Å². The van der Waals surface area contributed by atoms with Crippen LogP contribution >= 0.6 is 0 Å². The largest absolute Gasteiger partial charge is 0.506 e. The maximum Gasteiger partial charge on any atom is 0.138 e. The lowest BCUT2D eigenvalue weighted by atomic mass is 10.2. The third-order valence-electron chi connectivity index (χ3n) is 2.27. The van der Waals surface area contributed by atoms with E-state index in [9.17, 15) is 5.11 Å². The van der Waals surface area contributed by atoms with E-state index in [4.69, 9.17) is 0 Å². The number of hydrogen-bond donors (Lipinski definition) is 3. The van der Waals surface area contributed by atoms with Crippen molar-refractivity contribution >= 4 is 0 Å². The summed E-state index contributed by atoms with van der Waals surface area (Å²) >= 11 is 0. The average Bonchev–Trinajstić information content (AvgIpc) is 2.76. The van der Waals surface area contributed by atoms with Crippen LogP contribution in [-0.2, 0) is 13.1 Å². The zero-order valence-corrected chi connectivity index (χ0v) is 9.07. The molecule has 0 unspecified atom stereocenters. The van der Waals surface area contributed by atoms with E-state index in [0.717, 1.165) is 11.3 Å². The lowest BCUT2D eigenvalue weighted by Gasteiger charge is -2.05. The van der Waals surface area contributed by atoms with Crippen LogP contribution in [0.1, 0.15) is 17.0 Å². The number of nitrogens with zero attached hydrogens (tertiary/aromatic N) is 2. The van der Waals surface area contributed by atoms with Gasteiger partial charge in [0.25, 0.3) is 0 Å². The molecule has 84 valence electrons. The second kappa shape index (κ2) is 4.76. The first-order valence-corrected chi connectivity index (χ1v) is 5.09. The molecule has 0 aliphatic heterocycles. The number of aromatic hydroxyl groups is 1. The zero-order chi connectivity index (χ0) is 11.4. The van der Waals surface area contributed by atoms with Crippen molar-refractivity contribution in [1.29, 1.82) is 0 Å². The van der Waals surface area contributed by atoms with Gasteiger partial charge in [0, 0.05) is 30.5 Å². The summed E-state index contributed by atoms with van der Waals surface area (Å²) in [5.41, 5.74) is 2.65. The third kappa shape index (κ3) is 2.58. The van der Waals surface area contributed by atoms with Gasteiger partial charge in [-0.2, -0.15) is 5.10 Å². The minimum Gasteiger partial charge on any atom is -0.506 e. The normalized spacial score (nSPS) is 10.6. The lowest BCUT2D eigenvalue weighted by molar-refractivity contribution is 0.459. The van der Waals surface area contributed by atoms with E-state index in [2.05, 4.69) is 20.5 Å². The monoisotopic (exact) mass is 218 g/mol. The summed E-state index contributed by atoms with van der Waals surface area (Å²) in [6, 6.07) is 3.45. The second-order valence-corrected chi connectivity index (χ2v) is 3.63. The van der Waals surface area contributed by atoms with Crippen LogP contribution in [0.5, 0.6) is 5.75 Å². The standard InChI is InChI=1S/C11H14N4O/c1-8-2-3-11(16)10(15-8)7-12-4-9-5-13-14-6-9/h2-3,5-6,12,16H,4,7H2,1H3,(H,13,14). The van der Waals surface area contributed by atoms with E-state index in [1.165, 1.54) is 0 Å². The van der Waals surface area contributed by atoms with Crippen molar-refractivity contribution in [2.45, 2.75) is 20.0 Å². The molecule has 3 N–H and O–H groups in total. The Morgan fingerprint density at radius 2 is 2.25 bits per heavy atom. The van der Waals surface area contributed by atoms with Crippen molar-refractivity contribution in [2.75, 3.05) is 0 Å². The van der Waals surface area contributed by atoms with Crippen LogP contribution in [0, 0.1) is 6.92 Å². The Morgan fingerprint density at radius 3 is 3.00 bits per heavy atom. The van der Waals surface area contributed by atoms with Crippen LogP contribution in [0.4, 0.5) is 0 Å². The fourth-order valence-electron chi connectivity index (χ4n) is 1.43. The molecule has 2 aromatic heterocycles. The Hall–Kier alpha value is -1.88. The van der Waals surface area contributed by atoms with E-state index in [0.29, 0.717) is 18.8 Å². The van der Waals surface area contributed by atoms with Gasteiger partial charge in [0.05, 0.1) is 11.9 Å². The molecule has 0 spiro atoms. The highest BCUT2D eigenvalue weighted by Crippen LogP contribution is 2.14. The van der Waals surface area contributed by atoms with Gasteiger partial charge in [-0.15, -0.1) is 0 Å². The second-order valence-electron chi connectivity index (χ2n) is 3.63. The number of aromatic amines is 1. The van der Waals surface area contributed by atoms with Crippen molar-refractivity contribution in [3.8, 4) is 5.75 Å². The third-order valence-corrected chi connectivity index (χ3v) is 2.27. The smallest absolute Gasteiger partial charge is 0.138 e. The van der Waals surface area contributed by atoms with E-state index in [1.54, 1.807) is 18.3 Å². The Balaban J connectivity index is 1.92. The fraction of sp³-hybridized carbons (Fsp3) is 0.273. The SMILES string of the molecule is Cc1ccc(O)c(CNCc2cn[nH]c2)n1. The van der Waals surface area contributed by atoms with E-state index >= 15 is 0 Å². The van der Waals surface area contributed by atoms with Gasteiger partial charge >= 0.3 is 0 Å². The van der Waals surface area contributed by atoms with Gasteiger partial charge in [-0.05, 0) is 19.1 Å². The highest BCUT2D eigenvalue weighted by atomic mass is 16.3. The maximum absolute atomic E-state index is 9.57. The Bertz CT molecular complexity index is 453. The first kappa shape index (κ1) is 10.6. The number of aromatic nitrogens is 3. The van der Waals surface area contributed by atoms with Gasteiger partial charge in [-0.25, -0.2) is 0 Å². The molecule has 0 aliphatic carbocycles. The van der Waals surface area contributed by atoms with Crippen molar-refractivity contribution in [3.63, 3.8) is 0 Å². The van der Waals surface area contributed by atoms with E-state index in [-0.39, 0.29) is 5.75 Å². The molecule has 2 rings (SSSR count). The average molecular weight is 218 g/mol. The molecule has 2 aromatic rings. The van der Waals surface area contributed by atoms with Crippen molar-refractivity contribution in [2.24, 2.45) is 0 Å². The van der Waals surface area contributed by atoms with Crippen molar-refractivity contribution in [3.05, 3.63) is 41.5 Å². The van der Waals surface area contributed by atoms with E-state index < -0.39 is 0 Å². The Morgan fingerprint density at radius 1 is 1.38 bits per heavy atom. The maximum atomic E-state index is 9.57. The molecule has 5 nitrogen and oxygen atoms in total. The molecule has 0 saturated carbocycles. The molecule has 0 atom stereocenters. The summed E-state index contributed by atoms with van der Waals surface area (Å²) in [5.74, 6) is 0.227. The van der Waals surface area contributed by atoms with Crippen molar-refractivity contribution < 1.29 is 5.11 Å². The van der Waals surface area contributed by atoms with E-state index in [1.807, 2.05) is 13.1 Å². The first-order chi connectivity index (χ1) is 7.75. The molecule has 0 aliphatic rings. The summed E-state index contributed by atoms with van der Waals surface area (Å²) in [7, 11) is 0. The summed E-state index contributed by atoms with van der Waals surface area (Å²) in [6.45, 7) is 3.14. The lowest BCUT2D eigenvalue weighted by Crippen LogP contribution is -2.13. The van der Waals surface area contributed by atoms with Crippen LogP contribution in [0.2, 0.25) is 0 Å². The summed E-state index contributed by atoms with van der Waals surface area (Å²) in [6.07, 6.45) is 3.59.